The van der Waals surface area contributed by atoms with Gasteiger partial charge in [-0.2, -0.15) is 0 Å². The number of carboxylic acids is 1. The maximum Gasteiger partial charge on any atom is 0.336 e. The third-order valence-corrected chi connectivity index (χ3v) is 5.20. The standard InChI is InChI=1S/C25H16O6/c26-19-11-17-16(14-7-3-1-4-8-14)13-21(29)30-24(17)22-18(12-20(27)28)23(31-25(19)22)15-9-5-2-6-10-15/h1-11,13,26H,12H2,(H,27,28). The summed E-state index contributed by atoms with van der Waals surface area (Å²) in [7, 11) is 0. The fraction of sp³-hybridized carbons (Fsp3) is 0.0400. The predicted octanol–water partition coefficient (Wildman–Crippen LogP) is 5.21. The summed E-state index contributed by atoms with van der Waals surface area (Å²) in [5.41, 5.74) is 2.02. The lowest BCUT2D eigenvalue weighted by molar-refractivity contribution is -0.136. The number of carbonyl (C=O) groups is 1. The molecule has 0 aliphatic heterocycles. The lowest BCUT2D eigenvalue weighted by atomic mass is 9.97. The zero-order valence-electron chi connectivity index (χ0n) is 16.2. The highest BCUT2D eigenvalue weighted by Gasteiger charge is 2.25. The van der Waals surface area contributed by atoms with Crippen LogP contribution in [0.3, 0.4) is 0 Å². The van der Waals surface area contributed by atoms with Crippen LogP contribution in [-0.2, 0) is 11.2 Å². The lowest BCUT2D eigenvalue weighted by Crippen LogP contribution is -2.02. The van der Waals surface area contributed by atoms with Crippen LogP contribution in [-0.4, -0.2) is 16.2 Å². The number of hydrogen-bond acceptors (Lipinski definition) is 5. The van der Waals surface area contributed by atoms with Crippen molar-refractivity contribution in [3.8, 4) is 28.2 Å². The molecular formula is C25H16O6. The SMILES string of the molecule is O=C(O)Cc1c(-c2ccccc2)oc2c(O)cc3c(-c4ccccc4)cc(=O)oc3c12. The average Bonchev–Trinajstić information content (AvgIpc) is 3.15. The van der Waals surface area contributed by atoms with Gasteiger partial charge in [-0.1, -0.05) is 60.7 Å². The average molecular weight is 412 g/mol. The first kappa shape index (κ1) is 18.7. The largest absolute Gasteiger partial charge is 0.504 e. The van der Waals surface area contributed by atoms with Gasteiger partial charge in [-0.25, -0.2) is 4.79 Å². The molecule has 0 aliphatic rings. The van der Waals surface area contributed by atoms with Crippen molar-refractivity contribution in [3.63, 3.8) is 0 Å². The van der Waals surface area contributed by atoms with Gasteiger partial charge in [-0.05, 0) is 11.6 Å². The molecule has 0 bridgehead atoms. The van der Waals surface area contributed by atoms with Gasteiger partial charge in [0.25, 0.3) is 0 Å². The molecule has 0 spiro atoms. The van der Waals surface area contributed by atoms with Crippen LogP contribution in [0, 0.1) is 0 Å². The smallest absolute Gasteiger partial charge is 0.336 e. The normalized spacial score (nSPS) is 11.2. The molecule has 152 valence electrons. The predicted molar refractivity (Wildman–Crippen MR) is 116 cm³/mol. The Hall–Kier alpha value is -4.32. The van der Waals surface area contributed by atoms with Crippen molar-refractivity contribution in [1.82, 2.24) is 0 Å². The molecule has 0 aliphatic carbocycles. The van der Waals surface area contributed by atoms with Gasteiger partial charge in [0.05, 0.1) is 11.8 Å². The first-order valence-electron chi connectivity index (χ1n) is 9.61. The molecule has 2 N–H and O–H groups in total. The second-order valence-electron chi connectivity index (χ2n) is 7.17. The lowest BCUT2D eigenvalue weighted by Gasteiger charge is -2.08. The number of rotatable bonds is 4. The maximum atomic E-state index is 12.4. The molecule has 0 saturated carbocycles. The Balaban J connectivity index is 1.94. The van der Waals surface area contributed by atoms with Gasteiger partial charge in [-0.15, -0.1) is 0 Å². The highest BCUT2D eigenvalue weighted by atomic mass is 16.4. The van der Waals surface area contributed by atoms with E-state index >= 15 is 0 Å². The Morgan fingerprint density at radius 2 is 1.48 bits per heavy atom. The number of phenolic OH excluding ortho intramolecular Hbond substituents is 1. The molecule has 5 rings (SSSR count). The van der Waals surface area contributed by atoms with Gasteiger partial charge in [0.2, 0.25) is 0 Å². The van der Waals surface area contributed by atoms with Gasteiger partial charge in [0.15, 0.2) is 16.9 Å². The molecule has 0 saturated heterocycles. The molecule has 3 aromatic carbocycles. The molecule has 0 amide bonds. The van der Waals surface area contributed by atoms with E-state index in [2.05, 4.69) is 0 Å². The van der Waals surface area contributed by atoms with E-state index in [1.54, 1.807) is 24.3 Å². The van der Waals surface area contributed by atoms with Crippen LogP contribution >= 0.6 is 0 Å². The zero-order chi connectivity index (χ0) is 21.5. The Morgan fingerprint density at radius 1 is 0.839 bits per heavy atom. The van der Waals surface area contributed by atoms with E-state index in [0.717, 1.165) is 5.56 Å². The van der Waals surface area contributed by atoms with Gasteiger partial charge >= 0.3 is 11.6 Å². The minimum absolute atomic E-state index is 0.0796. The van der Waals surface area contributed by atoms with E-state index in [1.165, 1.54) is 12.1 Å². The van der Waals surface area contributed by atoms with Crippen molar-refractivity contribution < 1.29 is 23.8 Å². The molecule has 5 aromatic rings. The fourth-order valence-corrected chi connectivity index (χ4v) is 3.92. The van der Waals surface area contributed by atoms with Gasteiger partial charge in [-0.3, -0.25) is 4.79 Å². The number of phenols is 1. The minimum atomic E-state index is -1.07. The molecule has 0 fully saturated rings. The number of benzene rings is 3. The van der Waals surface area contributed by atoms with Crippen molar-refractivity contribution >= 4 is 27.9 Å². The van der Waals surface area contributed by atoms with Crippen molar-refractivity contribution in [3.05, 3.63) is 88.8 Å². The van der Waals surface area contributed by atoms with E-state index in [1.807, 2.05) is 36.4 Å². The van der Waals surface area contributed by atoms with Crippen molar-refractivity contribution in [2.75, 3.05) is 0 Å². The summed E-state index contributed by atoms with van der Waals surface area (Å²) in [4.78, 5) is 24.1. The molecule has 0 unspecified atom stereocenters. The molecule has 2 heterocycles. The quantitative estimate of drug-likeness (QED) is 0.393. The summed E-state index contributed by atoms with van der Waals surface area (Å²) < 4.78 is 11.5. The van der Waals surface area contributed by atoms with E-state index in [4.69, 9.17) is 8.83 Å². The number of hydrogen-bond donors (Lipinski definition) is 2. The van der Waals surface area contributed by atoms with Gasteiger partial charge in [0.1, 0.15) is 5.76 Å². The van der Waals surface area contributed by atoms with E-state index in [0.29, 0.717) is 27.8 Å². The highest BCUT2D eigenvalue weighted by molar-refractivity contribution is 6.13. The van der Waals surface area contributed by atoms with Crippen LogP contribution < -0.4 is 5.63 Å². The Kier molecular flexibility index (Phi) is 4.33. The van der Waals surface area contributed by atoms with Gasteiger partial charge in [0, 0.05) is 28.1 Å². The molecule has 6 heteroatoms. The van der Waals surface area contributed by atoms with Crippen LogP contribution in [0.15, 0.2) is 86.4 Å². The van der Waals surface area contributed by atoms with Crippen LogP contribution in [0.5, 0.6) is 5.75 Å². The molecule has 0 radical (unpaired) electrons. The Labute approximate surface area is 175 Å². The number of fused-ring (bicyclic) bond motifs is 3. The second kappa shape index (κ2) is 7.18. The van der Waals surface area contributed by atoms with E-state index in [-0.39, 0.29) is 28.7 Å². The third-order valence-electron chi connectivity index (χ3n) is 5.20. The summed E-state index contributed by atoms with van der Waals surface area (Å²) in [5.74, 6) is -0.922. The minimum Gasteiger partial charge on any atom is -0.504 e. The van der Waals surface area contributed by atoms with E-state index < -0.39 is 11.6 Å². The molecule has 2 aromatic heterocycles. The zero-order valence-corrected chi connectivity index (χ0v) is 16.2. The maximum absolute atomic E-state index is 12.4. The summed E-state index contributed by atoms with van der Waals surface area (Å²) in [6.45, 7) is 0. The van der Waals surface area contributed by atoms with Crippen LogP contribution in [0.4, 0.5) is 0 Å². The van der Waals surface area contributed by atoms with Crippen LogP contribution in [0.2, 0.25) is 0 Å². The summed E-state index contributed by atoms with van der Waals surface area (Å²) >= 11 is 0. The Bertz CT molecular complexity index is 1490. The second-order valence-corrected chi connectivity index (χ2v) is 7.17. The topological polar surface area (TPSA) is 101 Å². The van der Waals surface area contributed by atoms with E-state index in [9.17, 15) is 19.8 Å². The highest BCUT2D eigenvalue weighted by Crippen LogP contribution is 2.43. The van der Waals surface area contributed by atoms with Crippen molar-refractivity contribution in [2.24, 2.45) is 0 Å². The molecular weight excluding hydrogens is 396 g/mol. The van der Waals surface area contributed by atoms with Crippen molar-refractivity contribution in [2.45, 2.75) is 6.42 Å². The fourth-order valence-electron chi connectivity index (χ4n) is 3.92. The molecule has 0 atom stereocenters. The molecule has 6 nitrogen and oxygen atoms in total. The number of aliphatic carboxylic acids is 1. The number of aromatic hydroxyl groups is 1. The first-order valence-corrected chi connectivity index (χ1v) is 9.61. The third kappa shape index (κ3) is 3.14. The number of carboxylic acid groups (broad SMARTS) is 1. The number of furan rings is 1. The van der Waals surface area contributed by atoms with Crippen molar-refractivity contribution in [1.29, 1.82) is 0 Å². The summed E-state index contributed by atoms with van der Waals surface area (Å²) in [5, 5.41) is 21.1. The van der Waals surface area contributed by atoms with Crippen LogP contribution in [0.1, 0.15) is 5.56 Å². The van der Waals surface area contributed by atoms with Crippen LogP contribution in [0.25, 0.3) is 44.4 Å². The monoisotopic (exact) mass is 412 g/mol. The first-order chi connectivity index (χ1) is 15.0. The summed E-state index contributed by atoms with van der Waals surface area (Å²) in [6, 6.07) is 21.1. The molecule has 31 heavy (non-hydrogen) atoms. The summed E-state index contributed by atoms with van der Waals surface area (Å²) in [6.07, 6.45) is -0.366. The van der Waals surface area contributed by atoms with Gasteiger partial charge < -0.3 is 19.0 Å². The Morgan fingerprint density at radius 3 is 2.13 bits per heavy atom.